The van der Waals surface area contributed by atoms with Crippen molar-refractivity contribution in [2.24, 2.45) is 5.92 Å². The predicted octanol–water partition coefficient (Wildman–Crippen LogP) is 5.55. The summed E-state index contributed by atoms with van der Waals surface area (Å²) in [6.45, 7) is 9.64. The molecule has 0 radical (unpaired) electrons. The Morgan fingerprint density at radius 3 is 2.72 bits per heavy atom. The molecule has 1 aliphatic rings. The SMILES string of the molecule is C=CCC[C@H](O)CN(Cc1cccn1Cc1ccccc1C)CC1CCCCC1. The first-order valence-electron chi connectivity index (χ1n) is 11.4. The number of hydrogen-bond acceptors (Lipinski definition) is 2. The highest BCUT2D eigenvalue weighted by molar-refractivity contribution is 5.26. The zero-order valence-electron chi connectivity index (χ0n) is 18.1. The van der Waals surface area contributed by atoms with Crippen molar-refractivity contribution < 1.29 is 5.11 Å². The van der Waals surface area contributed by atoms with Crippen LogP contribution < -0.4 is 0 Å². The fourth-order valence-corrected chi connectivity index (χ4v) is 4.59. The summed E-state index contributed by atoms with van der Waals surface area (Å²) in [4.78, 5) is 2.49. The highest BCUT2D eigenvalue weighted by Crippen LogP contribution is 2.25. The topological polar surface area (TPSA) is 28.4 Å². The molecule has 1 fully saturated rings. The molecule has 158 valence electrons. The van der Waals surface area contributed by atoms with E-state index in [1.165, 1.54) is 48.9 Å². The summed E-state index contributed by atoms with van der Waals surface area (Å²) in [7, 11) is 0. The van der Waals surface area contributed by atoms with Gasteiger partial charge in [0.1, 0.15) is 0 Å². The number of hydrogen-bond donors (Lipinski definition) is 1. The Kier molecular flexibility index (Phi) is 8.57. The minimum Gasteiger partial charge on any atom is -0.392 e. The van der Waals surface area contributed by atoms with Gasteiger partial charge in [-0.2, -0.15) is 0 Å². The third kappa shape index (κ3) is 6.87. The molecule has 0 spiro atoms. The second-order valence-corrected chi connectivity index (χ2v) is 8.77. The molecule has 1 aromatic carbocycles. The maximum absolute atomic E-state index is 10.6. The summed E-state index contributed by atoms with van der Waals surface area (Å²) in [5.41, 5.74) is 4.04. The monoisotopic (exact) mass is 394 g/mol. The zero-order chi connectivity index (χ0) is 20.5. The van der Waals surface area contributed by atoms with Gasteiger partial charge in [0.2, 0.25) is 0 Å². The molecule has 0 saturated heterocycles. The lowest BCUT2D eigenvalue weighted by Crippen LogP contribution is -2.37. The van der Waals surface area contributed by atoms with E-state index in [1.807, 2.05) is 6.08 Å². The van der Waals surface area contributed by atoms with Gasteiger partial charge >= 0.3 is 0 Å². The predicted molar refractivity (Wildman–Crippen MR) is 122 cm³/mol. The fourth-order valence-electron chi connectivity index (χ4n) is 4.59. The van der Waals surface area contributed by atoms with E-state index >= 15 is 0 Å². The molecule has 1 saturated carbocycles. The summed E-state index contributed by atoms with van der Waals surface area (Å²) >= 11 is 0. The molecule has 1 atom stereocenters. The molecule has 1 heterocycles. The molecule has 1 aliphatic carbocycles. The van der Waals surface area contributed by atoms with Crippen LogP contribution in [0.4, 0.5) is 0 Å². The first-order valence-corrected chi connectivity index (χ1v) is 11.4. The lowest BCUT2D eigenvalue weighted by atomic mass is 9.89. The molecule has 29 heavy (non-hydrogen) atoms. The lowest BCUT2D eigenvalue weighted by Gasteiger charge is -2.31. The van der Waals surface area contributed by atoms with Crippen molar-refractivity contribution in [2.75, 3.05) is 13.1 Å². The summed E-state index contributed by atoms with van der Waals surface area (Å²) < 4.78 is 2.37. The Morgan fingerprint density at radius 2 is 1.97 bits per heavy atom. The molecule has 3 nitrogen and oxygen atoms in total. The molecule has 0 aliphatic heterocycles. The van der Waals surface area contributed by atoms with Crippen LogP contribution in [0.3, 0.4) is 0 Å². The molecule has 3 heteroatoms. The normalized spacial score (nSPS) is 16.2. The van der Waals surface area contributed by atoms with E-state index in [1.54, 1.807) is 0 Å². The Morgan fingerprint density at radius 1 is 1.17 bits per heavy atom. The van der Waals surface area contributed by atoms with E-state index in [0.717, 1.165) is 44.9 Å². The van der Waals surface area contributed by atoms with Gasteiger partial charge in [0.05, 0.1) is 6.10 Å². The first kappa shape index (κ1) is 21.9. The van der Waals surface area contributed by atoms with Gasteiger partial charge in [-0.15, -0.1) is 6.58 Å². The average Bonchev–Trinajstić information content (AvgIpc) is 3.15. The maximum atomic E-state index is 10.6. The van der Waals surface area contributed by atoms with E-state index in [2.05, 4.69) is 65.6 Å². The number of benzene rings is 1. The van der Waals surface area contributed by atoms with Gasteiger partial charge in [0, 0.05) is 38.1 Å². The fraction of sp³-hybridized carbons (Fsp3) is 0.538. The minimum atomic E-state index is -0.281. The van der Waals surface area contributed by atoms with E-state index < -0.39 is 0 Å². The van der Waals surface area contributed by atoms with Crippen LogP contribution in [0.2, 0.25) is 0 Å². The van der Waals surface area contributed by atoms with Crippen molar-refractivity contribution in [2.45, 2.75) is 71.1 Å². The Bertz CT molecular complexity index is 745. The number of nitrogens with zero attached hydrogens (tertiary/aromatic N) is 2. The van der Waals surface area contributed by atoms with Crippen LogP contribution in [0.1, 0.15) is 61.8 Å². The second-order valence-electron chi connectivity index (χ2n) is 8.77. The van der Waals surface area contributed by atoms with Gasteiger partial charge in [-0.1, -0.05) is 49.6 Å². The van der Waals surface area contributed by atoms with Crippen molar-refractivity contribution in [1.82, 2.24) is 9.47 Å². The van der Waals surface area contributed by atoms with Crippen molar-refractivity contribution >= 4 is 0 Å². The summed E-state index contributed by atoms with van der Waals surface area (Å²) in [6.07, 6.45) is 12.3. The number of aliphatic hydroxyl groups is 1. The van der Waals surface area contributed by atoms with E-state index in [4.69, 9.17) is 0 Å². The Labute approximate surface area is 177 Å². The smallest absolute Gasteiger partial charge is 0.0670 e. The summed E-state index contributed by atoms with van der Waals surface area (Å²) in [5.74, 6) is 0.773. The maximum Gasteiger partial charge on any atom is 0.0670 e. The van der Waals surface area contributed by atoms with Crippen LogP contribution in [-0.2, 0) is 13.1 Å². The van der Waals surface area contributed by atoms with Gasteiger partial charge < -0.3 is 9.67 Å². The molecular weight excluding hydrogens is 356 g/mol. The Balaban J connectivity index is 1.68. The third-order valence-corrected chi connectivity index (χ3v) is 6.33. The van der Waals surface area contributed by atoms with Crippen LogP contribution >= 0.6 is 0 Å². The standard InChI is InChI=1S/C26H38N2O/c1-3-4-16-26(29)21-27(18-23-12-6-5-7-13-23)20-25-15-10-17-28(25)19-24-14-9-8-11-22(24)2/h3,8-11,14-15,17,23,26,29H,1,4-7,12-13,16,18-21H2,2H3/t26-/m0/s1. The van der Waals surface area contributed by atoms with Crippen LogP contribution in [-0.4, -0.2) is 33.8 Å². The molecule has 0 bridgehead atoms. The minimum absolute atomic E-state index is 0.281. The molecule has 1 N–H and O–H groups in total. The zero-order valence-corrected chi connectivity index (χ0v) is 18.1. The summed E-state index contributed by atoms with van der Waals surface area (Å²) in [5, 5.41) is 10.6. The molecule has 0 amide bonds. The van der Waals surface area contributed by atoms with E-state index in [0.29, 0.717) is 0 Å². The third-order valence-electron chi connectivity index (χ3n) is 6.33. The molecule has 2 aromatic rings. The highest BCUT2D eigenvalue weighted by atomic mass is 16.3. The van der Waals surface area contributed by atoms with Crippen molar-refractivity contribution in [1.29, 1.82) is 0 Å². The highest BCUT2D eigenvalue weighted by Gasteiger charge is 2.20. The molecule has 3 rings (SSSR count). The number of allylic oxidation sites excluding steroid dienone is 1. The number of rotatable bonds is 11. The molecule has 1 aromatic heterocycles. The van der Waals surface area contributed by atoms with Gasteiger partial charge in [-0.3, -0.25) is 4.90 Å². The van der Waals surface area contributed by atoms with Gasteiger partial charge in [-0.25, -0.2) is 0 Å². The van der Waals surface area contributed by atoms with Gasteiger partial charge in [-0.05, 0) is 61.8 Å². The van der Waals surface area contributed by atoms with E-state index in [9.17, 15) is 5.11 Å². The second kappa shape index (κ2) is 11.4. The lowest BCUT2D eigenvalue weighted by molar-refractivity contribution is 0.0864. The van der Waals surface area contributed by atoms with Crippen molar-refractivity contribution in [3.8, 4) is 0 Å². The first-order chi connectivity index (χ1) is 14.2. The number of aromatic nitrogens is 1. The molecular formula is C26H38N2O. The Hall–Kier alpha value is -1.84. The van der Waals surface area contributed by atoms with Crippen molar-refractivity contribution in [3.05, 3.63) is 72.1 Å². The van der Waals surface area contributed by atoms with Crippen LogP contribution in [0.5, 0.6) is 0 Å². The summed E-state index contributed by atoms with van der Waals surface area (Å²) in [6, 6.07) is 13.0. The number of aliphatic hydroxyl groups excluding tert-OH is 1. The largest absolute Gasteiger partial charge is 0.392 e. The average molecular weight is 395 g/mol. The van der Waals surface area contributed by atoms with Crippen LogP contribution in [0.25, 0.3) is 0 Å². The number of aryl methyl sites for hydroxylation is 1. The van der Waals surface area contributed by atoms with Gasteiger partial charge in [0.25, 0.3) is 0 Å². The van der Waals surface area contributed by atoms with Crippen LogP contribution in [0, 0.1) is 12.8 Å². The van der Waals surface area contributed by atoms with Crippen LogP contribution in [0.15, 0.2) is 55.3 Å². The molecule has 0 unspecified atom stereocenters. The van der Waals surface area contributed by atoms with Crippen molar-refractivity contribution in [3.63, 3.8) is 0 Å². The van der Waals surface area contributed by atoms with E-state index in [-0.39, 0.29) is 6.10 Å². The van der Waals surface area contributed by atoms with Gasteiger partial charge in [0.15, 0.2) is 0 Å². The quantitative estimate of drug-likeness (QED) is 0.506.